The van der Waals surface area contributed by atoms with E-state index in [9.17, 15) is 9.59 Å². The van der Waals surface area contributed by atoms with Crippen molar-refractivity contribution in [2.75, 3.05) is 5.32 Å². The molecule has 6 heteroatoms. The molecule has 0 radical (unpaired) electrons. The van der Waals surface area contributed by atoms with E-state index in [0.29, 0.717) is 11.7 Å². The number of aromatic nitrogens is 2. The first-order chi connectivity index (χ1) is 10.1. The summed E-state index contributed by atoms with van der Waals surface area (Å²) in [6.45, 7) is 0. The van der Waals surface area contributed by atoms with Crippen LogP contribution < -0.4 is 5.32 Å². The number of carboxylic acid groups (broad SMARTS) is 1. The van der Waals surface area contributed by atoms with E-state index >= 15 is 0 Å². The Morgan fingerprint density at radius 2 is 2.14 bits per heavy atom. The van der Waals surface area contributed by atoms with Gasteiger partial charge in [-0.25, -0.2) is 9.78 Å². The summed E-state index contributed by atoms with van der Waals surface area (Å²) in [4.78, 5) is 27.2. The van der Waals surface area contributed by atoms with Crippen LogP contribution in [0.3, 0.4) is 0 Å². The summed E-state index contributed by atoms with van der Waals surface area (Å²) >= 11 is 0. The molecule has 1 saturated carbocycles. The predicted octanol–water partition coefficient (Wildman–Crippen LogP) is 2.56. The number of aromatic carboxylic acids is 1. The number of pyridine rings is 1. The molecule has 0 aliphatic heterocycles. The molecule has 0 spiro atoms. The number of hydrogen-bond donors (Lipinski definition) is 2. The number of carboxylic acids is 1. The molecule has 0 bridgehead atoms. The van der Waals surface area contributed by atoms with Crippen molar-refractivity contribution in [3.8, 4) is 0 Å². The fourth-order valence-electron chi connectivity index (χ4n) is 2.38. The third-order valence-corrected chi connectivity index (χ3v) is 3.73. The maximum Gasteiger partial charge on any atom is 0.335 e. The average molecular weight is 285 g/mol. The third kappa shape index (κ3) is 2.65. The van der Waals surface area contributed by atoms with Gasteiger partial charge in [-0.05, 0) is 43.5 Å². The Balaban J connectivity index is 1.79. The van der Waals surface area contributed by atoms with Crippen LogP contribution in [0.25, 0.3) is 0 Å². The van der Waals surface area contributed by atoms with Gasteiger partial charge in [-0.2, -0.15) is 0 Å². The van der Waals surface area contributed by atoms with Gasteiger partial charge in [0.25, 0.3) is 5.91 Å². The Bertz CT molecular complexity index is 689. The number of carbonyl (C=O) groups is 2. The topological polar surface area (TPSA) is 84.2 Å². The predicted molar refractivity (Wildman–Crippen MR) is 76.5 cm³/mol. The molecule has 21 heavy (non-hydrogen) atoms. The van der Waals surface area contributed by atoms with Crippen molar-refractivity contribution in [2.24, 2.45) is 0 Å². The SMILES string of the molecule is O=C(O)c1ccnc(NC(=O)c2cccn2C2CCC2)c1. The van der Waals surface area contributed by atoms with Gasteiger partial charge in [-0.15, -0.1) is 0 Å². The van der Waals surface area contributed by atoms with Gasteiger partial charge < -0.3 is 15.0 Å². The van der Waals surface area contributed by atoms with Gasteiger partial charge in [0.1, 0.15) is 11.5 Å². The van der Waals surface area contributed by atoms with Gasteiger partial charge in [0.2, 0.25) is 0 Å². The monoisotopic (exact) mass is 285 g/mol. The van der Waals surface area contributed by atoms with Crippen LogP contribution in [0.1, 0.15) is 46.2 Å². The average Bonchev–Trinajstić information content (AvgIpc) is 2.86. The maximum atomic E-state index is 12.3. The lowest BCUT2D eigenvalue weighted by Crippen LogP contribution is -2.23. The molecule has 0 atom stereocenters. The minimum atomic E-state index is -1.05. The number of nitrogens with zero attached hydrogens (tertiary/aromatic N) is 2. The van der Waals surface area contributed by atoms with Crippen LogP contribution >= 0.6 is 0 Å². The molecule has 1 fully saturated rings. The van der Waals surface area contributed by atoms with Gasteiger partial charge in [0.05, 0.1) is 5.56 Å². The Kier molecular flexibility index (Phi) is 3.43. The molecule has 3 rings (SSSR count). The van der Waals surface area contributed by atoms with Crippen molar-refractivity contribution in [2.45, 2.75) is 25.3 Å². The molecule has 6 nitrogen and oxygen atoms in total. The lowest BCUT2D eigenvalue weighted by atomic mass is 9.93. The molecular formula is C15H15N3O3. The number of rotatable bonds is 4. The van der Waals surface area contributed by atoms with Gasteiger partial charge in [-0.1, -0.05) is 0 Å². The smallest absolute Gasteiger partial charge is 0.335 e. The van der Waals surface area contributed by atoms with E-state index in [0.717, 1.165) is 12.8 Å². The number of nitrogens with one attached hydrogen (secondary N) is 1. The van der Waals surface area contributed by atoms with Crippen LogP contribution in [0.2, 0.25) is 0 Å². The van der Waals surface area contributed by atoms with Crippen LogP contribution in [-0.2, 0) is 0 Å². The summed E-state index contributed by atoms with van der Waals surface area (Å²) in [5.74, 6) is -1.09. The van der Waals surface area contributed by atoms with Crippen LogP contribution in [0.5, 0.6) is 0 Å². The Morgan fingerprint density at radius 3 is 2.81 bits per heavy atom. The summed E-state index contributed by atoms with van der Waals surface area (Å²) in [6.07, 6.45) is 6.62. The zero-order valence-corrected chi connectivity index (χ0v) is 11.3. The van der Waals surface area contributed by atoms with E-state index < -0.39 is 5.97 Å². The van der Waals surface area contributed by atoms with E-state index in [1.54, 1.807) is 6.07 Å². The zero-order valence-electron chi connectivity index (χ0n) is 11.3. The summed E-state index contributed by atoms with van der Waals surface area (Å²) < 4.78 is 1.97. The van der Waals surface area contributed by atoms with Gasteiger partial charge in [0.15, 0.2) is 0 Å². The fourth-order valence-corrected chi connectivity index (χ4v) is 2.38. The molecule has 1 aliphatic carbocycles. The molecule has 2 N–H and O–H groups in total. The standard InChI is InChI=1S/C15H15N3O3/c19-14(12-5-2-8-18(12)11-3-1-4-11)17-13-9-10(15(20)21)6-7-16-13/h2,5-9,11H,1,3-4H2,(H,20,21)(H,16,17,19). The highest BCUT2D eigenvalue weighted by atomic mass is 16.4. The van der Waals surface area contributed by atoms with Crippen molar-refractivity contribution in [1.82, 2.24) is 9.55 Å². The molecule has 0 aromatic carbocycles. The number of carbonyl (C=O) groups excluding carboxylic acids is 1. The highest BCUT2D eigenvalue weighted by Gasteiger charge is 2.23. The highest BCUT2D eigenvalue weighted by molar-refractivity contribution is 6.03. The van der Waals surface area contributed by atoms with E-state index in [1.807, 2.05) is 16.8 Å². The molecule has 108 valence electrons. The van der Waals surface area contributed by atoms with Gasteiger partial charge in [-0.3, -0.25) is 4.79 Å². The molecule has 2 aromatic rings. The fraction of sp³-hybridized carbons (Fsp3) is 0.267. The molecule has 2 aromatic heterocycles. The van der Waals surface area contributed by atoms with E-state index in [-0.39, 0.29) is 17.3 Å². The minimum Gasteiger partial charge on any atom is -0.478 e. The molecule has 0 unspecified atom stereocenters. The van der Waals surface area contributed by atoms with Crippen molar-refractivity contribution in [3.05, 3.63) is 47.9 Å². The van der Waals surface area contributed by atoms with Crippen LogP contribution in [-0.4, -0.2) is 26.5 Å². The minimum absolute atomic E-state index is 0.0923. The summed E-state index contributed by atoms with van der Waals surface area (Å²) in [6, 6.07) is 6.72. The van der Waals surface area contributed by atoms with Crippen molar-refractivity contribution < 1.29 is 14.7 Å². The highest BCUT2D eigenvalue weighted by Crippen LogP contribution is 2.32. The number of hydrogen-bond acceptors (Lipinski definition) is 3. The first-order valence-electron chi connectivity index (χ1n) is 6.82. The second-order valence-electron chi connectivity index (χ2n) is 5.07. The molecule has 2 heterocycles. The van der Waals surface area contributed by atoms with Crippen LogP contribution in [0.15, 0.2) is 36.7 Å². The Hall–Kier alpha value is -2.63. The maximum absolute atomic E-state index is 12.3. The van der Waals surface area contributed by atoms with E-state index in [2.05, 4.69) is 10.3 Å². The van der Waals surface area contributed by atoms with Gasteiger partial charge in [0, 0.05) is 18.4 Å². The lowest BCUT2D eigenvalue weighted by molar-refractivity contribution is 0.0696. The normalized spacial score (nSPS) is 14.5. The molecular weight excluding hydrogens is 270 g/mol. The van der Waals surface area contributed by atoms with Crippen molar-refractivity contribution >= 4 is 17.7 Å². The Labute approximate surface area is 121 Å². The van der Waals surface area contributed by atoms with E-state index in [4.69, 9.17) is 5.11 Å². The quantitative estimate of drug-likeness (QED) is 0.904. The summed E-state index contributed by atoms with van der Waals surface area (Å²) in [5, 5.41) is 11.6. The number of amides is 1. The first-order valence-corrected chi connectivity index (χ1v) is 6.82. The number of anilines is 1. The molecule has 1 amide bonds. The van der Waals surface area contributed by atoms with E-state index in [1.165, 1.54) is 24.8 Å². The second kappa shape index (κ2) is 5.40. The largest absolute Gasteiger partial charge is 0.478 e. The summed E-state index contributed by atoms with van der Waals surface area (Å²) in [7, 11) is 0. The van der Waals surface area contributed by atoms with Crippen LogP contribution in [0.4, 0.5) is 5.82 Å². The third-order valence-electron chi connectivity index (χ3n) is 3.73. The molecule has 0 saturated heterocycles. The lowest BCUT2D eigenvalue weighted by Gasteiger charge is -2.28. The second-order valence-corrected chi connectivity index (χ2v) is 5.07. The van der Waals surface area contributed by atoms with Gasteiger partial charge >= 0.3 is 5.97 Å². The zero-order chi connectivity index (χ0) is 14.8. The molecule has 1 aliphatic rings. The summed E-state index contributed by atoms with van der Waals surface area (Å²) in [5.41, 5.74) is 0.664. The van der Waals surface area contributed by atoms with Crippen LogP contribution in [0, 0.1) is 0 Å². The van der Waals surface area contributed by atoms with Crippen molar-refractivity contribution in [1.29, 1.82) is 0 Å². The Morgan fingerprint density at radius 1 is 1.33 bits per heavy atom. The first kappa shape index (κ1) is 13.4. The van der Waals surface area contributed by atoms with Crippen molar-refractivity contribution in [3.63, 3.8) is 0 Å².